The summed E-state index contributed by atoms with van der Waals surface area (Å²) < 4.78 is 6.17. The third-order valence-electron chi connectivity index (χ3n) is 14.3. The van der Waals surface area contributed by atoms with E-state index in [1.165, 1.54) is 29.4 Å². The van der Waals surface area contributed by atoms with Crippen molar-refractivity contribution in [3.63, 3.8) is 0 Å². The first-order valence-corrected chi connectivity index (χ1v) is 27.7. The summed E-state index contributed by atoms with van der Waals surface area (Å²) >= 11 is 3.52. The predicted octanol–water partition coefficient (Wildman–Crippen LogP) is 3.64. The van der Waals surface area contributed by atoms with Crippen LogP contribution >= 0.6 is 15.9 Å². The maximum absolute atomic E-state index is 14.9. The molecule has 0 radical (unpaired) electrons. The minimum absolute atomic E-state index is 0.0216. The minimum Gasteiger partial charge on any atom is -0.508 e. The van der Waals surface area contributed by atoms with Crippen LogP contribution in [-0.2, 0) is 49.6 Å². The van der Waals surface area contributed by atoms with Crippen molar-refractivity contribution in [1.82, 2.24) is 52.1 Å². The Hall–Kier alpha value is -6.62. The number of benzene rings is 1. The van der Waals surface area contributed by atoms with Crippen LogP contribution in [0.25, 0.3) is 17.0 Å². The summed E-state index contributed by atoms with van der Waals surface area (Å²) in [7, 11) is 0. The van der Waals surface area contributed by atoms with Gasteiger partial charge in [-0.05, 0) is 108 Å². The molecule has 1 unspecified atom stereocenters. The van der Waals surface area contributed by atoms with Crippen molar-refractivity contribution in [2.45, 2.75) is 174 Å². The summed E-state index contributed by atoms with van der Waals surface area (Å²) in [6.07, 6.45) is 4.77. The molecule has 77 heavy (non-hydrogen) atoms. The maximum atomic E-state index is 14.9. The number of aliphatic hydroxyl groups is 1. The molecule has 422 valence electrons. The Morgan fingerprint density at radius 2 is 1.58 bits per heavy atom. The van der Waals surface area contributed by atoms with Gasteiger partial charge in [0, 0.05) is 36.5 Å². The van der Waals surface area contributed by atoms with Crippen LogP contribution in [0.15, 0.2) is 39.6 Å². The molecular weight excluding hydrogens is 1060 g/mol. The predicted molar refractivity (Wildman–Crippen MR) is 289 cm³/mol. The first-order chi connectivity index (χ1) is 36.6. The van der Waals surface area contributed by atoms with Crippen molar-refractivity contribution in [1.29, 1.82) is 0 Å². The number of phenolic OH excluding ortho intramolecular Hbond substituents is 1. The molecule has 10 atom stereocenters. The van der Waals surface area contributed by atoms with Crippen LogP contribution in [0.1, 0.15) is 143 Å². The topological polar surface area (TPSA) is 323 Å². The fraction of sp³-hybridized carbons (Fsp3) is 0.593. The Morgan fingerprint density at radius 3 is 2.26 bits per heavy atom. The van der Waals surface area contributed by atoms with Crippen LogP contribution in [0.3, 0.4) is 0 Å². The molecule has 2 aromatic heterocycles. The second kappa shape index (κ2) is 28.7. The van der Waals surface area contributed by atoms with Gasteiger partial charge in [-0.2, -0.15) is 0 Å². The molecule has 22 nitrogen and oxygen atoms in total. The van der Waals surface area contributed by atoms with E-state index in [9.17, 15) is 53.4 Å². The molecule has 0 spiro atoms. The second-order valence-electron chi connectivity index (χ2n) is 20.6. The van der Waals surface area contributed by atoms with Gasteiger partial charge in [-0.25, -0.2) is 4.98 Å². The number of hydrogen-bond acceptors (Lipinski definition) is 13. The fourth-order valence-corrected chi connectivity index (χ4v) is 9.94. The van der Waals surface area contributed by atoms with E-state index >= 15 is 0 Å². The largest absolute Gasteiger partial charge is 0.508 e. The lowest BCUT2D eigenvalue weighted by Crippen LogP contribution is -2.60. The molecular formula is C54H77BrN10O12. The number of carbonyl (C=O) groups excluding carboxylic acids is 9. The van der Waals surface area contributed by atoms with E-state index in [0.29, 0.717) is 46.8 Å². The highest BCUT2D eigenvalue weighted by Gasteiger charge is 2.41. The van der Waals surface area contributed by atoms with Gasteiger partial charge < -0.3 is 61.7 Å². The zero-order chi connectivity index (χ0) is 56.7. The molecule has 5 rings (SSSR count). The molecule has 23 heteroatoms. The van der Waals surface area contributed by atoms with E-state index in [4.69, 9.17) is 4.42 Å². The van der Waals surface area contributed by atoms with Gasteiger partial charge in [-0.3, -0.25) is 43.2 Å². The molecule has 2 aliphatic rings. The molecule has 1 fully saturated rings. The summed E-state index contributed by atoms with van der Waals surface area (Å²) in [5.41, 5.74) is 1.42. The summed E-state index contributed by atoms with van der Waals surface area (Å²) in [6, 6.07) is -3.41. The number of aromatic nitrogens is 2. The van der Waals surface area contributed by atoms with Crippen LogP contribution in [0.5, 0.6) is 5.75 Å². The van der Waals surface area contributed by atoms with Crippen molar-refractivity contribution in [3.8, 4) is 5.75 Å². The number of oxazole rings is 1. The van der Waals surface area contributed by atoms with E-state index in [0.717, 1.165) is 6.08 Å². The lowest BCUT2D eigenvalue weighted by molar-refractivity contribution is -0.144. The van der Waals surface area contributed by atoms with Crippen LogP contribution in [0.2, 0.25) is 0 Å². The molecule has 1 saturated heterocycles. The number of aromatic hydroxyl groups is 1. The molecule has 0 saturated carbocycles. The number of fused-ring (bicyclic) bond motifs is 4. The fourth-order valence-electron chi connectivity index (χ4n) is 9.35. The van der Waals surface area contributed by atoms with Crippen molar-refractivity contribution in [2.24, 2.45) is 17.8 Å². The summed E-state index contributed by atoms with van der Waals surface area (Å²) in [4.78, 5) is 135. The van der Waals surface area contributed by atoms with Gasteiger partial charge in [-0.1, -0.05) is 74.7 Å². The monoisotopic (exact) mass is 1140 g/mol. The van der Waals surface area contributed by atoms with Gasteiger partial charge in [0.15, 0.2) is 0 Å². The quantitative estimate of drug-likeness (QED) is 0.0865. The van der Waals surface area contributed by atoms with Crippen molar-refractivity contribution >= 4 is 85.9 Å². The van der Waals surface area contributed by atoms with E-state index in [2.05, 4.69) is 63.1 Å². The number of aromatic amines is 1. The van der Waals surface area contributed by atoms with Crippen LogP contribution in [-0.4, -0.2) is 134 Å². The van der Waals surface area contributed by atoms with Crippen molar-refractivity contribution < 1.29 is 57.8 Å². The van der Waals surface area contributed by atoms with Gasteiger partial charge in [0.25, 0.3) is 5.91 Å². The first-order valence-electron chi connectivity index (χ1n) is 26.9. The number of amides is 8. The third kappa shape index (κ3) is 16.4. The molecule has 2 aliphatic heterocycles. The lowest BCUT2D eigenvalue weighted by atomic mass is 9.95. The molecule has 10 N–H and O–H groups in total. The number of H-pyrrole nitrogens is 1. The number of carbonyl (C=O) groups is 9. The van der Waals surface area contributed by atoms with Crippen LogP contribution in [0, 0.1) is 17.8 Å². The Morgan fingerprint density at radius 1 is 0.857 bits per heavy atom. The molecule has 2 bridgehead atoms. The Bertz CT molecular complexity index is 2630. The minimum atomic E-state index is -1.37. The average molecular weight is 1140 g/mol. The number of aliphatic hydroxyl groups excluding tert-OH is 1. The third-order valence-corrected chi connectivity index (χ3v) is 15.0. The average Bonchev–Trinajstić information content (AvgIpc) is 4.16. The Kier molecular flexibility index (Phi) is 22.8. The zero-order valence-corrected chi connectivity index (χ0v) is 46.8. The molecule has 4 heterocycles. The number of phenols is 1. The van der Waals surface area contributed by atoms with E-state index in [1.807, 2.05) is 27.7 Å². The molecule has 3 aromatic rings. The summed E-state index contributed by atoms with van der Waals surface area (Å²) in [6.45, 7) is 14.4. The molecule has 1 aromatic carbocycles. The Labute approximate surface area is 457 Å². The number of hydrogen-bond donors (Lipinski definition) is 10. The van der Waals surface area contributed by atoms with Crippen LogP contribution in [0.4, 0.5) is 0 Å². The van der Waals surface area contributed by atoms with E-state index in [-0.39, 0.29) is 87.2 Å². The summed E-state index contributed by atoms with van der Waals surface area (Å²) in [5.74, 6) is -7.59. The second-order valence-corrected chi connectivity index (χ2v) is 21.4. The number of rotatable bonds is 17. The number of halogens is 1. The van der Waals surface area contributed by atoms with E-state index in [1.54, 1.807) is 33.8 Å². The zero-order valence-electron chi connectivity index (χ0n) is 45.3. The Balaban J connectivity index is 1.49. The van der Waals surface area contributed by atoms with Gasteiger partial charge in [0.1, 0.15) is 60.1 Å². The van der Waals surface area contributed by atoms with Gasteiger partial charge in [-0.15, -0.1) is 0 Å². The van der Waals surface area contributed by atoms with Gasteiger partial charge >= 0.3 is 0 Å². The van der Waals surface area contributed by atoms with Crippen LogP contribution < -0.4 is 37.2 Å². The smallest absolute Gasteiger partial charge is 0.290 e. The van der Waals surface area contributed by atoms with Crippen molar-refractivity contribution in [3.05, 3.63) is 52.3 Å². The lowest BCUT2D eigenvalue weighted by Gasteiger charge is -2.31. The molecule has 8 amide bonds. The van der Waals surface area contributed by atoms with Crippen molar-refractivity contribution in [2.75, 3.05) is 13.1 Å². The SMILES string of the molecule is CCC[C@H](NC(=O)[C@@H](NC(=O)[C@@H](O)[C@@H](C)CC)C(C)CC)C(=O)N[C@H]1CCCNC(=O)[C@H](Cc2c(Br)[nH]c3ccc(O)cc23)NC(=O)/C=C\c2coc(n2)[C@H](CC)NC(=O)C(=O)[C@H](CC(C)C)NC(=O)[C@@H]2CCCN2C1=O. The molecule has 0 aliphatic carbocycles. The number of ketones is 1. The number of nitrogens with one attached hydrogen (secondary N) is 8. The highest BCUT2D eigenvalue weighted by Crippen LogP contribution is 2.31. The standard InChI is InChI=1S/C54H77BrN10O12/c1-9-15-37(61-50(73)43(29(7)10-2)64-51(74)44(68)30(8)11-3)48(71)62-38-16-13-22-56-47(70)40(26-34-33-25-32(66)19-20-36(33)59-46(34)55)58-42(67)21-18-31-27-77-53(57-31)35(12-4)60-52(75)45(69)39(24-28(5)6)63-49(72)41-17-14-23-65(41)54(38)76/h18-21,25,27-30,35,37-41,43-44,59,66,68H,9-17,22-24,26H2,1-8H3,(H,56,70)(H,58,67)(H,60,75)(H,61,73)(H,62,71)(H,63,72)(H,64,74)/b21-18-/t29?,30-,35-,37-,38-,39-,40-,41-,43-,44-/m0/s1. The van der Waals surface area contributed by atoms with Gasteiger partial charge in [0.05, 0.1) is 10.6 Å². The maximum Gasteiger partial charge on any atom is 0.290 e. The summed E-state index contributed by atoms with van der Waals surface area (Å²) in [5, 5.41) is 40.9. The number of Topliss-reactive ketones (excluding diaryl/α,β-unsaturated/α-hetero) is 1. The van der Waals surface area contributed by atoms with E-state index < -0.39 is 107 Å². The first kappa shape index (κ1) is 61.2. The normalized spacial score (nSPS) is 22.8. The highest BCUT2D eigenvalue weighted by atomic mass is 79.9. The van der Waals surface area contributed by atoms with Gasteiger partial charge in [0.2, 0.25) is 53.0 Å². The highest BCUT2D eigenvalue weighted by molar-refractivity contribution is 9.10. The number of nitrogens with zero attached hydrogens (tertiary/aromatic N) is 2.